The number of nitrogens with zero attached hydrogens (tertiary/aromatic N) is 1. The second-order valence-corrected chi connectivity index (χ2v) is 6.84. The summed E-state index contributed by atoms with van der Waals surface area (Å²) >= 11 is 1.34. The molecule has 0 aliphatic heterocycles. The van der Waals surface area contributed by atoms with E-state index >= 15 is 0 Å². The molecule has 0 aliphatic carbocycles. The van der Waals surface area contributed by atoms with Crippen LogP contribution in [0.15, 0.2) is 48.5 Å². The van der Waals surface area contributed by atoms with E-state index in [1.54, 1.807) is 0 Å². The number of rotatable bonds is 6. The minimum Gasteiger partial charge on any atom is -0.494 e. The average Bonchev–Trinajstić information content (AvgIpc) is 2.99. The molecule has 0 bridgehead atoms. The van der Waals surface area contributed by atoms with E-state index in [2.05, 4.69) is 15.6 Å². The van der Waals surface area contributed by atoms with Crippen LogP contribution < -0.4 is 15.4 Å². The lowest BCUT2D eigenvalue weighted by molar-refractivity contribution is 0.103. The van der Waals surface area contributed by atoms with Crippen molar-refractivity contribution in [3.63, 3.8) is 0 Å². The van der Waals surface area contributed by atoms with Gasteiger partial charge in [0.1, 0.15) is 10.6 Å². The topological polar surface area (TPSA) is 63.2 Å². The van der Waals surface area contributed by atoms with E-state index in [-0.39, 0.29) is 5.91 Å². The van der Waals surface area contributed by atoms with Crippen LogP contribution in [0.2, 0.25) is 0 Å². The number of nitrogens with one attached hydrogen (secondary N) is 2. The molecule has 5 nitrogen and oxygen atoms in total. The Morgan fingerprint density at radius 2 is 1.69 bits per heavy atom. The van der Waals surface area contributed by atoms with Gasteiger partial charge in [0, 0.05) is 11.4 Å². The first-order valence-electron chi connectivity index (χ1n) is 8.40. The second kappa shape index (κ2) is 8.01. The standard InChI is InChI=1S/C20H21N3O2S/c1-4-25-17-11-9-15(10-12-17)22-19(24)18-14(3)21-20(26-18)23-16-7-5-13(2)6-8-16/h5-12H,4H2,1-3H3,(H,21,23)(H,22,24). The first-order valence-corrected chi connectivity index (χ1v) is 9.22. The van der Waals surface area contributed by atoms with Crippen molar-refractivity contribution in [1.82, 2.24) is 4.98 Å². The number of aryl methyl sites for hydroxylation is 2. The van der Waals surface area contributed by atoms with E-state index < -0.39 is 0 Å². The van der Waals surface area contributed by atoms with E-state index in [9.17, 15) is 4.79 Å². The summed E-state index contributed by atoms with van der Waals surface area (Å²) in [6.07, 6.45) is 0. The van der Waals surface area contributed by atoms with Crippen LogP contribution in [0.25, 0.3) is 0 Å². The number of anilines is 3. The summed E-state index contributed by atoms with van der Waals surface area (Å²) in [7, 11) is 0. The zero-order chi connectivity index (χ0) is 18.5. The Morgan fingerprint density at radius 3 is 2.35 bits per heavy atom. The van der Waals surface area contributed by atoms with E-state index in [0.29, 0.717) is 22.3 Å². The Morgan fingerprint density at radius 1 is 1.04 bits per heavy atom. The van der Waals surface area contributed by atoms with Gasteiger partial charge in [-0.1, -0.05) is 29.0 Å². The summed E-state index contributed by atoms with van der Waals surface area (Å²) in [5.74, 6) is 0.616. The predicted molar refractivity (Wildman–Crippen MR) is 107 cm³/mol. The molecular weight excluding hydrogens is 346 g/mol. The number of benzene rings is 2. The summed E-state index contributed by atoms with van der Waals surface area (Å²) in [6.45, 7) is 6.43. The van der Waals surface area contributed by atoms with Crippen molar-refractivity contribution in [2.24, 2.45) is 0 Å². The second-order valence-electron chi connectivity index (χ2n) is 5.84. The molecule has 0 atom stereocenters. The monoisotopic (exact) mass is 367 g/mol. The molecule has 3 rings (SSSR count). The Labute approximate surface area is 157 Å². The molecule has 3 aromatic rings. The molecule has 26 heavy (non-hydrogen) atoms. The summed E-state index contributed by atoms with van der Waals surface area (Å²) in [5.41, 5.74) is 3.57. The highest BCUT2D eigenvalue weighted by atomic mass is 32.1. The van der Waals surface area contributed by atoms with Gasteiger partial charge in [-0.2, -0.15) is 0 Å². The van der Waals surface area contributed by atoms with Gasteiger partial charge in [0.05, 0.1) is 12.3 Å². The molecule has 1 heterocycles. The highest BCUT2D eigenvalue weighted by molar-refractivity contribution is 7.17. The molecule has 2 aromatic carbocycles. The third-order valence-electron chi connectivity index (χ3n) is 3.73. The Bertz CT molecular complexity index is 886. The highest BCUT2D eigenvalue weighted by Crippen LogP contribution is 2.27. The number of amides is 1. The average molecular weight is 367 g/mol. The third kappa shape index (κ3) is 4.40. The molecule has 0 saturated carbocycles. The molecule has 0 radical (unpaired) electrons. The number of aromatic nitrogens is 1. The number of thiazole rings is 1. The minimum absolute atomic E-state index is 0.166. The summed E-state index contributed by atoms with van der Waals surface area (Å²) in [4.78, 5) is 17.6. The minimum atomic E-state index is -0.166. The molecule has 6 heteroatoms. The zero-order valence-corrected chi connectivity index (χ0v) is 15.8. The van der Waals surface area contributed by atoms with Gasteiger partial charge in [-0.15, -0.1) is 0 Å². The SMILES string of the molecule is CCOc1ccc(NC(=O)c2sc(Nc3ccc(C)cc3)nc2C)cc1. The number of carbonyl (C=O) groups excluding carboxylic acids is 1. The predicted octanol–water partition coefficient (Wildman–Crippen LogP) is 5.15. The molecule has 1 amide bonds. The van der Waals surface area contributed by atoms with Crippen LogP contribution in [0.3, 0.4) is 0 Å². The van der Waals surface area contributed by atoms with Gasteiger partial charge in [-0.25, -0.2) is 4.98 Å². The van der Waals surface area contributed by atoms with E-state index in [4.69, 9.17) is 4.74 Å². The fraction of sp³-hybridized carbons (Fsp3) is 0.200. The normalized spacial score (nSPS) is 10.4. The molecule has 0 aliphatic rings. The fourth-order valence-corrected chi connectivity index (χ4v) is 3.29. The number of hydrogen-bond acceptors (Lipinski definition) is 5. The van der Waals surface area contributed by atoms with Crippen LogP contribution in [-0.2, 0) is 0 Å². The first kappa shape index (κ1) is 17.9. The number of hydrogen-bond donors (Lipinski definition) is 2. The Hall–Kier alpha value is -2.86. The molecule has 0 fully saturated rings. The van der Waals surface area contributed by atoms with Crippen LogP contribution >= 0.6 is 11.3 Å². The number of ether oxygens (including phenoxy) is 1. The quantitative estimate of drug-likeness (QED) is 0.632. The van der Waals surface area contributed by atoms with Gasteiger partial charge in [0.15, 0.2) is 5.13 Å². The Kier molecular flexibility index (Phi) is 5.53. The largest absolute Gasteiger partial charge is 0.494 e. The highest BCUT2D eigenvalue weighted by Gasteiger charge is 2.15. The van der Waals surface area contributed by atoms with Gasteiger partial charge in [-0.05, 0) is 57.2 Å². The molecule has 0 unspecified atom stereocenters. The van der Waals surface area contributed by atoms with Crippen LogP contribution in [0.1, 0.15) is 27.9 Å². The summed E-state index contributed by atoms with van der Waals surface area (Å²) < 4.78 is 5.41. The maximum atomic E-state index is 12.6. The van der Waals surface area contributed by atoms with Crippen LogP contribution in [-0.4, -0.2) is 17.5 Å². The van der Waals surface area contributed by atoms with E-state index in [1.165, 1.54) is 16.9 Å². The summed E-state index contributed by atoms with van der Waals surface area (Å²) in [5, 5.41) is 6.84. The van der Waals surface area contributed by atoms with E-state index in [0.717, 1.165) is 17.1 Å². The smallest absolute Gasteiger partial charge is 0.267 e. The van der Waals surface area contributed by atoms with Gasteiger partial charge >= 0.3 is 0 Å². The molecule has 0 spiro atoms. The van der Waals surface area contributed by atoms with Crippen LogP contribution in [0, 0.1) is 13.8 Å². The third-order valence-corrected chi connectivity index (χ3v) is 4.80. The number of carbonyl (C=O) groups is 1. The van der Waals surface area contributed by atoms with Gasteiger partial charge in [-0.3, -0.25) is 4.79 Å². The van der Waals surface area contributed by atoms with Crippen molar-refractivity contribution >= 4 is 33.8 Å². The fourth-order valence-electron chi connectivity index (χ4n) is 2.41. The van der Waals surface area contributed by atoms with Crippen molar-refractivity contribution in [3.05, 3.63) is 64.7 Å². The van der Waals surface area contributed by atoms with Crippen molar-refractivity contribution in [3.8, 4) is 5.75 Å². The maximum absolute atomic E-state index is 12.6. The van der Waals surface area contributed by atoms with Crippen molar-refractivity contribution in [2.75, 3.05) is 17.2 Å². The van der Waals surface area contributed by atoms with E-state index in [1.807, 2.05) is 69.3 Å². The van der Waals surface area contributed by atoms with Gasteiger partial charge in [0.2, 0.25) is 0 Å². The van der Waals surface area contributed by atoms with Crippen LogP contribution in [0.5, 0.6) is 5.75 Å². The van der Waals surface area contributed by atoms with Gasteiger partial charge < -0.3 is 15.4 Å². The molecular formula is C20H21N3O2S. The zero-order valence-electron chi connectivity index (χ0n) is 15.0. The van der Waals surface area contributed by atoms with Crippen LogP contribution in [0.4, 0.5) is 16.5 Å². The van der Waals surface area contributed by atoms with Crippen molar-refractivity contribution in [2.45, 2.75) is 20.8 Å². The summed E-state index contributed by atoms with van der Waals surface area (Å²) in [6, 6.07) is 15.4. The molecule has 0 saturated heterocycles. The maximum Gasteiger partial charge on any atom is 0.267 e. The lowest BCUT2D eigenvalue weighted by Gasteiger charge is -2.06. The molecule has 134 valence electrons. The van der Waals surface area contributed by atoms with Crippen molar-refractivity contribution in [1.29, 1.82) is 0 Å². The lowest BCUT2D eigenvalue weighted by Crippen LogP contribution is -2.11. The van der Waals surface area contributed by atoms with Crippen molar-refractivity contribution < 1.29 is 9.53 Å². The molecule has 1 aromatic heterocycles. The first-order chi connectivity index (χ1) is 12.5. The Balaban J connectivity index is 1.69. The lowest BCUT2D eigenvalue weighted by atomic mass is 10.2. The molecule has 2 N–H and O–H groups in total. The van der Waals surface area contributed by atoms with Gasteiger partial charge in [0.25, 0.3) is 5.91 Å².